The average molecular weight is 315 g/mol. The van der Waals surface area contributed by atoms with Crippen LogP contribution in [-0.4, -0.2) is 12.1 Å². The minimum Gasteiger partial charge on any atom is -0.497 e. The maximum Gasteiger partial charge on any atom is 0.219 e. The minimum atomic E-state index is 0.481. The van der Waals surface area contributed by atoms with Gasteiger partial charge >= 0.3 is 0 Å². The Kier molecular flexibility index (Phi) is 3.86. The van der Waals surface area contributed by atoms with Crippen molar-refractivity contribution in [3.63, 3.8) is 0 Å². The average Bonchev–Trinajstić information content (AvgIpc) is 2.34. The molecule has 88 valence electrons. The topological polar surface area (TPSA) is 31.4 Å². The number of hydrogen-bond donors (Lipinski definition) is 0. The van der Waals surface area contributed by atoms with Crippen LogP contribution in [0, 0.1) is 0 Å². The van der Waals surface area contributed by atoms with Gasteiger partial charge in [-0.05, 0) is 34.1 Å². The highest BCUT2D eigenvalue weighted by Crippen LogP contribution is 2.31. The number of hydrogen-bond acceptors (Lipinski definition) is 3. The summed E-state index contributed by atoms with van der Waals surface area (Å²) in [7, 11) is 1.59. The zero-order chi connectivity index (χ0) is 12.3. The summed E-state index contributed by atoms with van der Waals surface area (Å²) in [6.45, 7) is 0. The molecule has 1 aromatic heterocycles. The highest BCUT2D eigenvalue weighted by molar-refractivity contribution is 9.10. The lowest BCUT2D eigenvalue weighted by atomic mass is 10.3. The molecular weight excluding hydrogens is 305 g/mol. The van der Waals surface area contributed by atoms with Crippen LogP contribution in [-0.2, 0) is 0 Å². The molecule has 0 unspecified atom stereocenters. The van der Waals surface area contributed by atoms with Crippen LogP contribution >= 0.6 is 27.5 Å². The van der Waals surface area contributed by atoms with Crippen molar-refractivity contribution in [2.75, 3.05) is 7.11 Å². The van der Waals surface area contributed by atoms with Crippen molar-refractivity contribution in [3.8, 4) is 17.4 Å². The van der Waals surface area contributed by atoms with Gasteiger partial charge in [-0.1, -0.05) is 11.6 Å². The lowest BCUT2D eigenvalue weighted by molar-refractivity contribution is 0.412. The molecular formula is C12H9BrClNO2. The molecule has 0 aliphatic carbocycles. The van der Waals surface area contributed by atoms with E-state index in [0.717, 1.165) is 4.47 Å². The summed E-state index contributed by atoms with van der Waals surface area (Å²) in [4.78, 5) is 4.10. The summed E-state index contributed by atoms with van der Waals surface area (Å²) in [5.41, 5.74) is 0. The quantitative estimate of drug-likeness (QED) is 0.846. The van der Waals surface area contributed by atoms with Crippen molar-refractivity contribution in [1.29, 1.82) is 0 Å². The van der Waals surface area contributed by atoms with E-state index < -0.39 is 0 Å². The van der Waals surface area contributed by atoms with E-state index >= 15 is 0 Å². The van der Waals surface area contributed by atoms with Crippen molar-refractivity contribution < 1.29 is 9.47 Å². The fraction of sp³-hybridized carbons (Fsp3) is 0.0833. The normalized spacial score (nSPS) is 10.1. The zero-order valence-electron chi connectivity index (χ0n) is 8.98. The van der Waals surface area contributed by atoms with E-state index in [4.69, 9.17) is 21.1 Å². The third-order valence-corrected chi connectivity index (χ3v) is 2.82. The number of pyridine rings is 1. The molecule has 0 aliphatic heterocycles. The van der Waals surface area contributed by atoms with Crippen LogP contribution in [0.4, 0.5) is 0 Å². The van der Waals surface area contributed by atoms with Gasteiger partial charge in [0.25, 0.3) is 0 Å². The molecule has 2 aromatic rings. The first-order valence-corrected chi connectivity index (χ1v) is 5.99. The number of rotatable bonds is 3. The maximum absolute atomic E-state index is 6.05. The number of benzene rings is 1. The van der Waals surface area contributed by atoms with Crippen molar-refractivity contribution in [1.82, 2.24) is 4.98 Å². The number of ether oxygens (including phenoxy) is 2. The summed E-state index contributed by atoms with van der Waals surface area (Å²) >= 11 is 9.35. The highest BCUT2D eigenvalue weighted by Gasteiger charge is 2.05. The molecule has 17 heavy (non-hydrogen) atoms. The molecule has 5 heteroatoms. The number of aromatic nitrogens is 1. The van der Waals surface area contributed by atoms with E-state index in [-0.39, 0.29) is 0 Å². The predicted octanol–water partition coefficient (Wildman–Crippen LogP) is 4.30. The molecule has 0 saturated carbocycles. The molecule has 0 amide bonds. The fourth-order valence-electron chi connectivity index (χ4n) is 1.23. The Morgan fingerprint density at radius 3 is 2.65 bits per heavy atom. The van der Waals surface area contributed by atoms with E-state index in [1.807, 2.05) is 6.07 Å². The van der Waals surface area contributed by atoms with Crippen LogP contribution in [0.2, 0.25) is 5.02 Å². The molecule has 0 aliphatic rings. The van der Waals surface area contributed by atoms with E-state index in [2.05, 4.69) is 20.9 Å². The van der Waals surface area contributed by atoms with Gasteiger partial charge < -0.3 is 9.47 Å². The Bertz CT molecular complexity index is 516. The van der Waals surface area contributed by atoms with Gasteiger partial charge in [0.2, 0.25) is 5.88 Å². The summed E-state index contributed by atoms with van der Waals surface area (Å²) < 4.78 is 11.5. The zero-order valence-corrected chi connectivity index (χ0v) is 11.3. The first-order chi connectivity index (χ1) is 8.19. The molecule has 0 atom stereocenters. The van der Waals surface area contributed by atoms with E-state index in [1.54, 1.807) is 37.6 Å². The fourth-order valence-corrected chi connectivity index (χ4v) is 1.67. The van der Waals surface area contributed by atoms with Crippen molar-refractivity contribution in [2.24, 2.45) is 0 Å². The molecule has 0 fully saturated rings. The third-order valence-electron chi connectivity index (χ3n) is 2.05. The molecule has 0 bridgehead atoms. The Morgan fingerprint density at radius 2 is 2.06 bits per heavy atom. The molecule has 0 N–H and O–H groups in total. The molecule has 2 rings (SSSR count). The van der Waals surface area contributed by atoms with Gasteiger partial charge in [-0.25, -0.2) is 4.98 Å². The maximum atomic E-state index is 6.05. The molecule has 0 spiro atoms. The monoisotopic (exact) mass is 313 g/mol. The van der Waals surface area contributed by atoms with Crippen molar-refractivity contribution in [2.45, 2.75) is 0 Å². The smallest absolute Gasteiger partial charge is 0.219 e. The lowest BCUT2D eigenvalue weighted by Gasteiger charge is -2.07. The lowest BCUT2D eigenvalue weighted by Crippen LogP contribution is -1.89. The summed E-state index contributed by atoms with van der Waals surface area (Å²) in [5, 5.41) is 0.481. The standard InChI is InChI=1S/C12H9BrClNO2/c1-16-9-3-4-11(10(14)6-9)17-12-5-2-8(13)7-15-12/h2-7H,1H3. The Morgan fingerprint density at radius 1 is 1.24 bits per heavy atom. The second-order valence-corrected chi connectivity index (χ2v) is 4.54. The molecule has 1 heterocycles. The third kappa shape index (κ3) is 3.11. The van der Waals surface area contributed by atoms with Gasteiger partial charge in [0.05, 0.1) is 12.1 Å². The Balaban J connectivity index is 2.21. The number of methoxy groups -OCH3 is 1. The number of nitrogens with zero attached hydrogens (tertiary/aromatic N) is 1. The Labute approximate surface area is 112 Å². The first kappa shape index (κ1) is 12.2. The second kappa shape index (κ2) is 5.38. The summed E-state index contributed by atoms with van der Waals surface area (Å²) in [6, 6.07) is 8.81. The minimum absolute atomic E-state index is 0.481. The summed E-state index contributed by atoms with van der Waals surface area (Å²) in [5.74, 6) is 1.72. The molecule has 1 aromatic carbocycles. The predicted molar refractivity (Wildman–Crippen MR) is 70.0 cm³/mol. The first-order valence-electron chi connectivity index (χ1n) is 4.82. The van der Waals surface area contributed by atoms with E-state index in [0.29, 0.717) is 22.4 Å². The molecule has 0 saturated heterocycles. The van der Waals surface area contributed by atoms with Crippen LogP contribution in [0.5, 0.6) is 17.4 Å². The van der Waals surface area contributed by atoms with Crippen molar-refractivity contribution in [3.05, 3.63) is 46.0 Å². The highest BCUT2D eigenvalue weighted by atomic mass is 79.9. The van der Waals surface area contributed by atoms with Gasteiger partial charge in [-0.3, -0.25) is 0 Å². The van der Waals surface area contributed by atoms with Crippen molar-refractivity contribution >= 4 is 27.5 Å². The van der Waals surface area contributed by atoms with Crippen LogP contribution in [0.3, 0.4) is 0 Å². The largest absolute Gasteiger partial charge is 0.497 e. The van der Waals surface area contributed by atoms with Crippen LogP contribution in [0.15, 0.2) is 41.0 Å². The summed E-state index contributed by atoms with van der Waals surface area (Å²) in [6.07, 6.45) is 1.66. The Hall–Kier alpha value is -1.26. The SMILES string of the molecule is COc1ccc(Oc2ccc(Br)cn2)c(Cl)c1. The molecule has 0 radical (unpaired) electrons. The van der Waals surface area contributed by atoms with Crippen LogP contribution in [0.1, 0.15) is 0 Å². The van der Waals surface area contributed by atoms with Gasteiger partial charge in [-0.15, -0.1) is 0 Å². The van der Waals surface area contributed by atoms with E-state index in [9.17, 15) is 0 Å². The molecule has 3 nitrogen and oxygen atoms in total. The van der Waals surface area contributed by atoms with Crippen LogP contribution in [0.25, 0.3) is 0 Å². The van der Waals surface area contributed by atoms with Gasteiger partial charge in [0, 0.05) is 22.8 Å². The van der Waals surface area contributed by atoms with Gasteiger partial charge in [-0.2, -0.15) is 0 Å². The van der Waals surface area contributed by atoms with Crippen LogP contribution < -0.4 is 9.47 Å². The number of halogens is 2. The van der Waals surface area contributed by atoms with Gasteiger partial charge in [0.15, 0.2) is 0 Å². The second-order valence-electron chi connectivity index (χ2n) is 3.21. The van der Waals surface area contributed by atoms with E-state index in [1.165, 1.54) is 0 Å². The van der Waals surface area contributed by atoms with Gasteiger partial charge in [0.1, 0.15) is 11.5 Å².